The van der Waals surface area contributed by atoms with Crippen molar-refractivity contribution in [3.63, 3.8) is 0 Å². The molecule has 1 N–H and O–H groups in total. The highest BCUT2D eigenvalue weighted by Gasteiger charge is 2.17. The van der Waals surface area contributed by atoms with E-state index in [1.165, 1.54) is 12.0 Å². The third kappa shape index (κ3) is 5.53. The zero-order valence-electron chi connectivity index (χ0n) is 11.6. The van der Waals surface area contributed by atoms with E-state index in [0.717, 1.165) is 24.5 Å². The number of ether oxygens (including phenoxy) is 2. The Morgan fingerprint density at radius 3 is 2.53 bits per heavy atom. The van der Waals surface area contributed by atoms with Gasteiger partial charge in [0.1, 0.15) is 11.8 Å². The minimum absolute atomic E-state index is 0.197. The van der Waals surface area contributed by atoms with Crippen LogP contribution >= 0.6 is 11.8 Å². The molecule has 19 heavy (non-hydrogen) atoms. The summed E-state index contributed by atoms with van der Waals surface area (Å²) < 4.78 is 9.88. The van der Waals surface area contributed by atoms with Gasteiger partial charge in [0.15, 0.2) is 0 Å². The van der Waals surface area contributed by atoms with Crippen molar-refractivity contribution in [1.29, 1.82) is 0 Å². The molecule has 4 nitrogen and oxygen atoms in total. The second kappa shape index (κ2) is 8.82. The van der Waals surface area contributed by atoms with E-state index in [-0.39, 0.29) is 12.0 Å². The number of nitrogens with one attached hydrogen (secondary N) is 1. The van der Waals surface area contributed by atoms with Gasteiger partial charge in [-0.15, -0.1) is 11.8 Å². The Balaban J connectivity index is 2.40. The average Bonchev–Trinajstić information content (AvgIpc) is 2.46. The lowest BCUT2D eigenvalue weighted by Gasteiger charge is -2.14. The molecule has 0 aliphatic rings. The lowest BCUT2D eigenvalue weighted by molar-refractivity contribution is -0.143. The predicted octanol–water partition coefficient (Wildman–Crippen LogP) is 2.33. The lowest BCUT2D eigenvalue weighted by atomic mass is 10.2. The first-order valence-corrected chi connectivity index (χ1v) is 7.27. The smallest absolute Gasteiger partial charge is 0.322 e. The third-order valence-electron chi connectivity index (χ3n) is 2.67. The van der Waals surface area contributed by atoms with Crippen LogP contribution in [-0.2, 0) is 9.53 Å². The van der Waals surface area contributed by atoms with E-state index in [2.05, 4.69) is 5.32 Å². The average molecular weight is 283 g/mol. The molecule has 0 heterocycles. The van der Waals surface area contributed by atoms with Gasteiger partial charge >= 0.3 is 5.97 Å². The molecule has 1 atom stereocenters. The fourth-order valence-corrected chi connectivity index (χ4v) is 2.58. The van der Waals surface area contributed by atoms with Crippen molar-refractivity contribution in [1.82, 2.24) is 5.32 Å². The molecule has 106 valence electrons. The van der Waals surface area contributed by atoms with Gasteiger partial charge in [-0.3, -0.25) is 4.79 Å². The van der Waals surface area contributed by atoms with Crippen molar-refractivity contribution in [3.05, 3.63) is 24.3 Å². The van der Waals surface area contributed by atoms with Crippen LogP contribution in [0.25, 0.3) is 0 Å². The van der Waals surface area contributed by atoms with Gasteiger partial charge in [0.25, 0.3) is 0 Å². The summed E-state index contributed by atoms with van der Waals surface area (Å²) >= 11 is 1.72. The first-order valence-electron chi connectivity index (χ1n) is 6.29. The Bertz CT molecular complexity index is 381. The van der Waals surface area contributed by atoms with E-state index in [1.54, 1.807) is 18.9 Å². The highest BCUT2D eigenvalue weighted by atomic mass is 32.2. The van der Waals surface area contributed by atoms with E-state index in [0.29, 0.717) is 0 Å². The second-order valence-electron chi connectivity index (χ2n) is 3.95. The number of carbonyl (C=O) groups excluding carboxylic acids is 1. The van der Waals surface area contributed by atoms with Crippen LogP contribution in [-0.4, -0.2) is 38.5 Å². The maximum Gasteiger partial charge on any atom is 0.322 e. The Morgan fingerprint density at radius 1 is 1.32 bits per heavy atom. The molecule has 1 unspecified atom stereocenters. The van der Waals surface area contributed by atoms with E-state index in [4.69, 9.17) is 9.47 Å². The van der Waals surface area contributed by atoms with Crippen LogP contribution in [0.15, 0.2) is 29.2 Å². The minimum atomic E-state index is -0.222. The van der Waals surface area contributed by atoms with Crippen LogP contribution in [0.2, 0.25) is 0 Å². The van der Waals surface area contributed by atoms with Crippen LogP contribution in [0, 0.1) is 0 Å². The number of likely N-dealkylation sites (N-methyl/N-ethyl adjacent to an activating group) is 1. The molecule has 5 heteroatoms. The topological polar surface area (TPSA) is 47.6 Å². The van der Waals surface area contributed by atoms with Gasteiger partial charge in [0.05, 0.1) is 14.2 Å². The Morgan fingerprint density at radius 2 is 2.00 bits per heavy atom. The molecule has 1 rings (SSSR count). The summed E-state index contributed by atoms with van der Waals surface area (Å²) in [6, 6.07) is 7.68. The summed E-state index contributed by atoms with van der Waals surface area (Å²) in [5.41, 5.74) is 0. The molecule has 0 fully saturated rings. The lowest BCUT2D eigenvalue weighted by Crippen LogP contribution is -2.37. The van der Waals surface area contributed by atoms with Crippen molar-refractivity contribution in [2.24, 2.45) is 0 Å². The molecule has 0 aliphatic carbocycles. The molecule has 1 aromatic rings. The molecule has 1 aromatic carbocycles. The SMILES string of the molecule is CCNC(CCSc1ccc(OC)cc1)C(=O)OC. The number of methoxy groups -OCH3 is 2. The maximum atomic E-state index is 11.5. The van der Waals surface area contributed by atoms with Crippen molar-refractivity contribution in [2.75, 3.05) is 26.5 Å². The van der Waals surface area contributed by atoms with Gasteiger partial charge in [0.2, 0.25) is 0 Å². The first kappa shape index (κ1) is 15.9. The Hall–Kier alpha value is -1.20. The summed E-state index contributed by atoms with van der Waals surface area (Å²) in [6.45, 7) is 2.74. The van der Waals surface area contributed by atoms with Crippen LogP contribution < -0.4 is 10.1 Å². The fraction of sp³-hybridized carbons (Fsp3) is 0.500. The number of carbonyl (C=O) groups is 1. The highest BCUT2D eigenvalue weighted by molar-refractivity contribution is 7.99. The van der Waals surface area contributed by atoms with Gasteiger partial charge in [-0.05, 0) is 37.2 Å². The van der Waals surface area contributed by atoms with Crippen molar-refractivity contribution < 1.29 is 14.3 Å². The van der Waals surface area contributed by atoms with E-state index >= 15 is 0 Å². The van der Waals surface area contributed by atoms with E-state index in [9.17, 15) is 4.79 Å². The van der Waals surface area contributed by atoms with E-state index < -0.39 is 0 Å². The first-order chi connectivity index (χ1) is 9.21. The van der Waals surface area contributed by atoms with E-state index in [1.807, 2.05) is 31.2 Å². The number of esters is 1. The molecule has 0 saturated carbocycles. The summed E-state index contributed by atoms with van der Waals surface area (Å²) in [6.07, 6.45) is 0.747. The zero-order valence-corrected chi connectivity index (χ0v) is 12.5. The molecule has 0 aromatic heterocycles. The number of thioether (sulfide) groups is 1. The van der Waals surface area contributed by atoms with Crippen LogP contribution in [0.1, 0.15) is 13.3 Å². The van der Waals surface area contributed by atoms with Crippen molar-refractivity contribution >= 4 is 17.7 Å². The van der Waals surface area contributed by atoms with Crippen LogP contribution in [0.5, 0.6) is 5.75 Å². The molecule has 0 amide bonds. The van der Waals surface area contributed by atoms with Crippen molar-refractivity contribution in [2.45, 2.75) is 24.3 Å². The number of hydrogen-bond acceptors (Lipinski definition) is 5. The standard InChI is InChI=1S/C14H21NO3S/c1-4-15-13(14(16)18-3)9-10-19-12-7-5-11(17-2)6-8-12/h5-8,13,15H,4,9-10H2,1-3H3. The molecular weight excluding hydrogens is 262 g/mol. The molecule has 0 bridgehead atoms. The van der Waals surface area contributed by atoms with Gasteiger partial charge in [-0.1, -0.05) is 6.92 Å². The normalized spacial score (nSPS) is 11.9. The van der Waals surface area contributed by atoms with Crippen molar-refractivity contribution in [3.8, 4) is 5.75 Å². The van der Waals surface area contributed by atoms with Gasteiger partial charge in [-0.2, -0.15) is 0 Å². The molecule has 0 saturated heterocycles. The zero-order chi connectivity index (χ0) is 14.1. The Labute approximate surface area is 118 Å². The summed E-state index contributed by atoms with van der Waals surface area (Å²) in [5.74, 6) is 1.51. The van der Waals surface area contributed by atoms with Gasteiger partial charge in [-0.25, -0.2) is 0 Å². The van der Waals surface area contributed by atoms with Gasteiger partial charge in [0, 0.05) is 10.6 Å². The van der Waals surface area contributed by atoms with Crippen LogP contribution in [0.4, 0.5) is 0 Å². The molecule has 0 radical (unpaired) electrons. The quantitative estimate of drug-likeness (QED) is 0.586. The Kier molecular flexibility index (Phi) is 7.36. The summed E-state index contributed by atoms with van der Waals surface area (Å²) in [7, 11) is 3.07. The number of hydrogen-bond donors (Lipinski definition) is 1. The number of benzene rings is 1. The monoisotopic (exact) mass is 283 g/mol. The summed E-state index contributed by atoms with van der Waals surface area (Å²) in [4.78, 5) is 12.7. The summed E-state index contributed by atoms with van der Waals surface area (Å²) in [5, 5.41) is 3.13. The van der Waals surface area contributed by atoms with Gasteiger partial charge < -0.3 is 14.8 Å². The largest absolute Gasteiger partial charge is 0.497 e. The number of rotatable bonds is 8. The third-order valence-corrected chi connectivity index (χ3v) is 3.72. The molecular formula is C14H21NO3S. The fourth-order valence-electron chi connectivity index (χ4n) is 1.66. The predicted molar refractivity (Wildman–Crippen MR) is 77.8 cm³/mol. The highest BCUT2D eigenvalue weighted by Crippen LogP contribution is 2.22. The second-order valence-corrected chi connectivity index (χ2v) is 5.11. The minimum Gasteiger partial charge on any atom is -0.497 e. The molecule has 0 spiro atoms. The van der Waals surface area contributed by atoms with Crippen LogP contribution in [0.3, 0.4) is 0 Å². The maximum absolute atomic E-state index is 11.5. The molecule has 0 aliphatic heterocycles.